The average molecular weight is 176 g/mol. The number of nitrogens with zero attached hydrogens (tertiary/aromatic N) is 1. The first kappa shape index (κ1) is 9.56. The van der Waals surface area contributed by atoms with Crippen LogP contribution in [0.1, 0.15) is 18.1 Å². The van der Waals surface area contributed by atoms with Crippen LogP contribution in [-0.2, 0) is 6.42 Å². The van der Waals surface area contributed by atoms with E-state index in [1.54, 1.807) is 25.1 Å². The number of aliphatic hydroxyl groups excluding tert-OH is 1. The van der Waals surface area contributed by atoms with Crippen molar-refractivity contribution in [2.24, 2.45) is 0 Å². The van der Waals surface area contributed by atoms with Crippen LogP contribution in [0.4, 0.5) is 5.69 Å². The molecule has 0 aliphatic heterocycles. The molecule has 1 aromatic carbocycles. The van der Waals surface area contributed by atoms with Crippen molar-refractivity contribution in [1.82, 2.24) is 0 Å². The Morgan fingerprint density at radius 3 is 2.85 bits per heavy atom. The molecule has 0 radical (unpaired) electrons. The predicted molar refractivity (Wildman–Crippen MR) is 51.0 cm³/mol. The van der Waals surface area contributed by atoms with Gasteiger partial charge in [-0.05, 0) is 24.6 Å². The summed E-state index contributed by atoms with van der Waals surface area (Å²) in [7, 11) is 0. The Bertz CT molecular complexity index is 339. The number of rotatable bonds is 2. The molecule has 0 bridgehead atoms. The molecule has 1 rings (SSSR count). The largest absolute Gasteiger partial charge is 0.398 e. The number of aliphatic hydroxyl groups is 1. The maximum absolute atomic E-state index is 9.19. The number of hydrogen-bond acceptors (Lipinski definition) is 3. The summed E-state index contributed by atoms with van der Waals surface area (Å²) in [5.74, 6) is 0. The zero-order valence-electron chi connectivity index (χ0n) is 7.49. The standard InChI is InChI=1S/C10H12N2O/c1-7(13)5-9-8(6-11)3-2-4-10(9)12/h2-4,7,13H,5,12H2,1H3. The summed E-state index contributed by atoms with van der Waals surface area (Å²) in [5, 5.41) is 18.0. The number of nitrogen functional groups attached to an aromatic ring is 1. The summed E-state index contributed by atoms with van der Waals surface area (Å²) < 4.78 is 0. The molecule has 0 fully saturated rings. The van der Waals surface area contributed by atoms with Crippen molar-refractivity contribution in [3.63, 3.8) is 0 Å². The van der Waals surface area contributed by atoms with Crippen LogP contribution in [0.5, 0.6) is 0 Å². The Morgan fingerprint density at radius 2 is 2.31 bits per heavy atom. The van der Waals surface area contributed by atoms with Gasteiger partial charge in [-0.25, -0.2) is 0 Å². The molecule has 3 nitrogen and oxygen atoms in total. The Kier molecular flexibility index (Phi) is 2.88. The molecule has 0 saturated carbocycles. The minimum absolute atomic E-state index is 0.426. The summed E-state index contributed by atoms with van der Waals surface area (Å²) in [6.07, 6.45) is -0.0490. The van der Waals surface area contributed by atoms with Crippen molar-refractivity contribution in [3.05, 3.63) is 29.3 Å². The minimum Gasteiger partial charge on any atom is -0.398 e. The lowest BCUT2D eigenvalue weighted by molar-refractivity contribution is 0.195. The van der Waals surface area contributed by atoms with E-state index in [0.717, 1.165) is 5.56 Å². The number of anilines is 1. The third-order valence-electron chi connectivity index (χ3n) is 1.83. The van der Waals surface area contributed by atoms with Crippen LogP contribution in [0.3, 0.4) is 0 Å². The van der Waals surface area contributed by atoms with Crippen molar-refractivity contribution >= 4 is 5.69 Å². The summed E-state index contributed by atoms with van der Waals surface area (Å²) in [5.41, 5.74) is 7.53. The molecule has 0 spiro atoms. The van der Waals surface area contributed by atoms with Gasteiger partial charge >= 0.3 is 0 Å². The van der Waals surface area contributed by atoms with Crippen LogP contribution in [-0.4, -0.2) is 11.2 Å². The molecule has 1 aromatic rings. The van der Waals surface area contributed by atoms with Crippen LogP contribution >= 0.6 is 0 Å². The van der Waals surface area contributed by atoms with E-state index in [0.29, 0.717) is 17.7 Å². The molecule has 3 heteroatoms. The second-order valence-electron chi connectivity index (χ2n) is 3.04. The number of benzene rings is 1. The summed E-state index contributed by atoms with van der Waals surface area (Å²) in [6, 6.07) is 7.22. The Morgan fingerprint density at radius 1 is 1.62 bits per heavy atom. The highest BCUT2D eigenvalue weighted by Gasteiger charge is 2.07. The fraction of sp³-hybridized carbons (Fsp3) is 0.300. The van der Waals surface area contributed by atoms with Crippen LogP contribution in [0, 0.1) is 11.3 Å². The van der Waals surface area contributed by atoms with Gasteiger partial charge in [0.15, 0.2) is 0 Å². The van der Waals surface area contributed by atoms with Crippen molar-refractivity contribution < 1.29 is 5.11 Å². The van der Waals surface area contributed by atoms with Crippen molar-refractivity contribution in [1.29, 1.82) is 5.26 Å². The van der Waals surface area contributed by atoms with E-state index in [4.69, 9.17) is 11.0 Å². The number of nitriles is 1. The highest BCUT2D eigenvalue weighted by molar-refractivity contribution is 5.55. The van der Waals surface area contributed by atoms with Crippen LogP contribution in [0.15, 0.2) is 18.2 Å². The van der Waals surface area contributed by atoms with E-state index in [-0.39, 0.29) is 0 Å². The zero-order valence-corrected chi connectivity index (χ0v) is 7.49. The van der Waals surface area contributed by atoms with Gasteiger partial charge < -0.3 is 10.8 Å². The van der Waals surface area contributed by atoms with E-state index in [1.807, 2.05) is 0 Å². The molecule has 68 valence electrons. The molecule has 13 heavy (non-hydrogen) atoms. The molecule has 1 atom stereocenters. The van der Waals surface area contributed by atoms with Gasteiger partial charge in [-0.2, -0.15) is 5.26 Å². The fourth-order valence-corrected chi connectivity index (χ4v) is 1.23. The molecule has 3 N–H and O–H groups in total. The van der Waals surface area contributed by atoms with E-state index < -0.39 is 6.10 Å². The molecule has 0 aliphatic carbocycles. The van der Waals surface area contributed by atoms with E-state index >= 15 is 0 Å². The van der Waals surface area contributed by atoms with Crippen molar-refractivity contribution in [2.75, 3.05) is 5.73 Å². The van der Waals surface area contributed by atoms with Gasteiger partial charge in [-0.1, -0.05) is 6.07 Å². The topological polar surface area (TPSA) is 70.0 Å². The van der Waals surface area contributed by atoms with Crippen LogP contribution < -0.4 is 5.73 Å². The van der Waals surface area contributed by atoms with Crippen molar-refractivity contribution in [2.45, 2.75) is 19.4 Å². The number of nitrogens with two attached hydrogens (primary N) is 1. The minimum atomic E-state index is -0.475. The van der Waals surface area contributed by atoms with E-state index in [9.17, 15) is 5.11 Å². The molecule has 0 heterocycles. The maximum Gasteiger partial charge on any atom is 0.0995 e. The second kappa shape index (κ2) is 3.92. The monoisotopic (exact) mass is 176 g/mol. The first-order chi connectivity index (χ1) is 6.15. The van der Waals surface area contributed by atoms with E-state index in [1.165, 1.54) is 0 Å². The normalized spacial score (nSPS) is 12.1. The maximum atomic E-state index is 9.19. The van der Waals surface area contributed by atoms with Gasteiger partial charge in [0.05, 0.1) is 17.7 Å². The second-order valence-corrected chi connectivity index (χ2v) is 3.04. The molecule has 0 aromatic heterocycles. The average Bonchev–Trinajstić information content (AvgIpc) is 2.08. The molecular weight excluding hydrogens is 164 g/mol. The fourth-order valence-electron chi connectivity index (χ4n) is 1.23. The van der Waals surface area contributed by atoms with Gasteiger partial charge in [0.1, 0.15) is 0 Å². The first-order valence-corrected chi connectivity index (χ1v) is 4.10. The van der Waals surface area contributed by atoms with Gasteiger partial charge in [0.2, 0.25) is 0 Å². The lowest BCUT2D eigenvalue weighted by Gasteiger charge is -2.08. The molecule has 0 aliphatic rings. The third kappa shape index (κ3) is 2.20. The van der Waals surface area contributed by atoms with Gasteiger partial charge in [0.25, 0.3) is 0 Å². The lowest BCUT2D eigenvalue weighted by Crippen LogP contribution is -2.08. The molecular formula is C10H12N2O. The Balaban J connectivity index is 3.10. The first-order valence-electron chi connectivity index (χ1n) is 4.10. The van der Waals surface area contributed by atoms with Crippen LogP contribution in [0.2, 0.25) is 0 Å². The Labute approximate surface area is 77.4 Å². The highest BCUT2D eigenvalue weighted by atomic mass is 16.3. The summed E-state index contributed by atoms with van der Waals surface area (Å²) in [6.45, 7) is 1.67. The Hall–Kier alpha value is -1.53. The van der Waals surface area contributed by atoms with Gasteiger partial charge in [0, 0.05) is 12.1 Å². The molecule has 0 saturated heterocycles. The molecule has 1 unspecified atom stereocenters. The summed E-state index contributed by atoms with van der Waals surface area (Å²) >= 11 is 0. The SMILES string of the molecule is CC(O)Cc1c(N)cccc1C#N. The van der Waals surface area contributed by atoms with Gasteiger partial charge in [-0.15, -0.1) is 0 Å². The molecule has 0 amide bonds. The van der Waals surface area contributed by atoms with Gasteiger partial charge in [-0.3, -0.25) is 0 Å². The highest BCUT2D eigenvalue weighted by Crippen LogP contribution is 2.17. The lowest BCUT2D eigenvalue weighted by atomic mass is 10.0. The number of hydrogen-bond donors (Lipinski definition) is 2. The summed E-state index contributed by atoms with van der Waals surface area (Å²) in [4.78, 5) is 0. The van der Waals surface area contributed by atoms with E-state index in [2.05, 4.69) is 6.07 Å². The zero-order chi connectivity index (χ0) is 9.84. The predicted octanol–water partition coefficient (Wildman–Crippen LogP) is 1.06. The smallest absolute Gasteiger partial charge is 0.0995 e. The third-order valence-corrected chi connectivity index (χ3v) is 1.83. The van der Waals surface area contributed by atoms with Crippen LogP contribution in [0.25, 0.3) is 0 Å². The van der Waals surface area contributed by atoms with Crippen molar-refractivity contribution in [3.8, 4) is 6.07 Å². The quantitative estimate of drug-likeness (QED) is 0.662.